The lowest BCUT2D eigenvalue weighted by Gasteiger charge is -2.13. The Balaban J connectivity index is 2.03. The zero-order chi connectivity index (χ0) is 17.0. The number of nitrogens with one attached hydrogen (secondary N) is 1. The van der Waals surface area contributed by atoms with Gasteiger partial charge in [-0.25, -0.2) is 9.97 Å². The highest BCUT2D eigenvalue weighted by atomic mass is 32.2. The van der Waals surface area contributed by atoms with E-state index in [1.165, 1.54) is 18.2 Å². The van der Waals surface area contributed by atoms with Crippen LogP contribution in [0, 0.1) is 13.8 Å². The fourth-order valence-corrected chi connectivity index (χ4v) is 2.72. The molecule has 0 aliphatic heterocycles. The van der Waals surface area contributed by atoms with Crippen molar-refractivity contribution in [2.75, 3.05) is 11.1 Å². The number of halogens is 3. The summed E-state index contributed by atoms with van der Waals surface area (Å²) in [5.74, 6) is 0.0122. The Morgan fingerprint density at radius 2 is 1.91 bits per heavy atom. The van der Waals surface area contributed by atoms with Crippen LogP contribution in [0.3, 0.4) is 0 Å². The SMILES string of the molecule is Cc1cc(SCC(=O)Nc2ccccc2C(F)(F)F)nc(C)n1. The smallest absolute Gasteiger partial charge is 0.325 e. The van der Waals surface area contributed by atoms with E-state index in [2.05, 4.69) is 15.3 Å². The molecule has 0 saturated carbocycles. The fraction of sp³-hybridized carbons (Fsp3) is 0.267. The van der Waals surface area contributed by atoms with E-state index in [0.717, 1.165) is 23.5 Å². The Kier molecular flexibility index (Phi) is 5.25. The number of anilines is 1. The van der Waals surface area contributed by atoms with Crippen molar-refractivity contribution in [3.63, 3.8) is 0 Å². The number of alkyl halides is 3. The summed E-state index contributed by atoms with van der Waals surface area (Å²) in [4.78, 5) is 20.2. The van der Waals surface area contributed by atoms with Gasteiger partial charge in [-0.2, -0.15) is 13.2 Å². The zero-order valence-electron chi connectivity index (χ0n) is 12.4. The van der Waals surface area contributed by atoms with Crippen molar-refractivity contribution in [1.82, 2.24) is 9.97 Å². The molecular formula is C15H14F3N3OS. The van der Waals surface area contributed by atoms with Crippen LogP contribution >= 0.6 is 11.8 Å². The Morgan fingerprint density at radius 1 is 1.22 bits per heavy atom. The first-order valence-electron chi connectivity index (χ1n) is 6.67. The summed E-state index contributed by atoms with van der Waals surface area (Å²) in [6, 6.07) is 6.59. The maximum atomic E-state index is 12.9. The van der Waals surface area contributed by atoms with Crippen LogP contribution < -0.4 is 5.32 Å². The Labute approximate surface area is 135 Å². The van der Waals surface area contributed by atoms with Crippen LogP contribution in [0.1, 0.15) is 17.1 Å². The highest BCUT2D eigenvalue weighted by Crippen LogP contribution is 2.34. The minimum absolute atomic E-state index is 0.0396. The van der Waals surface area contributed by atoms with E-state index in [-0.39, 0.29) is 11.4 Å². The lowest BCUT2D eigenvalue weighted by Crippen LogP contribution is -2.18. The van der Waals surface area contributed by atoms with Gasteiger partial charge in [-0.3, -0.25) is 4.79 Å². The van der Waals surface area contributed by atoms with E-state index in [1.807, 2.05) is 0 Å². The summed E-state index contributed by atoms with van der Waals surface area (Å²) in [6.07, 6.45) is -4.52. The number of carbonyl (C=O) groups is 1. The van der Waals surface area contributed by atoms with Gasteiger partial charge < -0.3 is 5.32 Å². The van der Waals surface area contributed by atoms with Gasteiger partial charge in [-0.1, -0.05) is 23.9 Å². The van der Waals surface area contributed by atoms with E-state index in [9.17, 15) is 18.0 Å². The van der Waals surface area contributed by atoms with E-state index < -0.39 is 17.6 Å². The molecule has 1 amide bonds. The number of rotatable bonds is 4. The van der Waals surface area contributed by atoms with Gasteiger partial charge >= 0.3 is 6.18 Å². The summed E-state index contributed by atoms with van der Waals surface area (Å²) < 4.78 is 38.6. The largest absolute Gasteiger partial charge is 0.418 e. The fourth-order valence-electron chi connectivity index (χ4n) is 1.92. The second kappa shape index (κ2) is 6.99. The summed E-state index contributed by atoms with van der Waals surface area (Å²) in [5, 5.41) is 2.90. The van der Waals surface area contributed by atoms with Gasteiger partial charge in [0.25, 0.3) is 0 Å². The van der Waals surface area contributed by atoms with E-state index >= 15 is 0 Å². The molecule has 8 heteroatoms. The average Bonchev–Trinajstić information content (AvgIpc) is 2.43. The number of amides is 1. The number of thioether (sulfide) groups is 1. The van der Waals surface area contributed by atoms with Crippen LogP contribution in [-0.2, 0) is 11.0 Å². The molecule has 0 aliphatic carbocycles. The quantitative estimate of drug-likeness (QED) is 0.678. The number of carbonyl (C=O) groups excluding carboxylic acids is 1. The van der Waals surface area contributed by atoms with Crippen molar-refractivity contribution in [2.45, 2.75) is 25.0 Å². The number of hydrogen-bond donors (Lipinski definition) is 1. The molecule has 1 aromatic carbocycles. The lowest BCUT2D eigenvalue weighted by atomic mass is 10.1. The summed E-state index contributed by atoms with van der Waals surface area (Å²) >= 11 is 1.15. The molecule has 2 rings (SSSR count). The molecule has 0 atom stereocenters. The third-order valence-corrected chi connectivity index (χ3v) is 3.71. The first kappa shape index (κ1) is 17.3. The van der Waals surface area contributed by atoms with E-state index in [4.69, 9.17) is 0 Å². The van der Waals surface area contributed by atoms with E-state index in [0.29, 0.717) is 10.9 Å². The van der Waals surface area contributed by atoms with Crippen molar-refractivity contribution in [2.24, 2.45) is 0 Å². The molecule has 1 N–H and O–H groups in total. The minimum Gasteiger partial charge on any atom is -0.325 e. The minimum atomic E-state index is -4.52. The monoisotopic (exact) mass is 341 g/mol. The number of aromatic nitrogens is 2. The Hall–Kier alpha value is -2.09. The van der Waals surface area contributed by atoms with Crippen molar-refractivity contribution >= 4 is 23.4 Å². The van der Waals surface area contributed by atoms with Crippen LogP contribution in [0.2, 0.25) is 0 Å². The molecule has 2 aromatic rings. The molecule has 0 radical (unpaired) electrons. The molecule has 122 valence electrons. The molecule has 0 bridgehead atoms. The summed E-state index contributed by atoms with van der Waals surface area (Å²) in [7, 11) is 0. The highest BCUT2D eigenvalue weighted by Gasteiger charge is 2.33. The van der Waals surface area contributed by atoms with Crippen LogP contribution in [0.15, 0.2) is 35.4 Å². The standard InChI is InChI=1S/C15H14F3N3OS/c1-9-7-14(20-10(2)19-9)23-8-13(22)21-12-6-4-3-5-11(12)15(16,17)18/h3-7H,8H2,1-2H3,(H,21,22). The van der Waals surface area contributed by atoms with Crippen molar-refractivity contribution in [1.29, 1.82) is 0 Å². The van der Waals surface area contributed by atoms with Gasteiger partial charge in [-0.05, 0) is 32.0 Å². The first-order chi connectivity index (χ1) is 10.8. The van der Waals surface area contributed by atoms with Crippen LogP contribution in [0.5, 0.6) is 0 Å². The number of benzene rings is 1. The number of nitrogens with zero attached hydrogens (tertiary/aromatic N) is 2. The average molecular weight is 341 g/mol. The molecule has 4 nitrogen and oxygen atoms in total. The number of hydrogen-bond acceptors (Lipinski definition) is 4. The predicted octanol–water partition coefficient (Wildman–Crippen LogP) is 3.84. The first-order valence-corrected chi connectivity index (χ1v) is 7.65. The Morgan fingerprint density at radius 3 is 2.57 bits per heavy atom. The molecule has 0 aliphatic rings. The molecular weight excluding hydrogens is 327 g/mol. The molecule has 1 heterocycles. The third kappa shape index (κ3) is 4.95. The number of aryl methyl sites for hydroxylation is 2. The normalized spacial score (nSPS) is 11.3. The number of para-hydroxylation sites is 1. The highest BCUT2D eigenvalue weighted by molar-refractivity contribution is 7.99. The molecule has 0 spiro atoms. The predicted molar refractivity (Wildman–Crippen MR) is 82.3 cm³/mol. The maximum absolute atomic E-state index is 12.9. The van der Waals surface area contributed by atoms with Gasteiger partial charge in [0, 0.05) is 5.69 Å². The van der Waals surface area contributed by atoms with Crippen LogP contribution in [0.4, 0.5) is 18.9 Å². The summed E-state index contributed by atoms with van der Waals surface area (Å²) in [5.41, 5.74) is -0.351. The van der Waals surface area contributed by atoms with E-state index in [1.54, 1.807) is 19.9 Å². The molecule has 0 fully saturated rings. The zero-order valence-corrected chi connectivity index (χ0v) is 13.3. The topological polar surface area (TPSA) is 54.9 Å². The van der Waals surface area contributed by atoms with Gasteiger partial charge in [0.1, 0.15) is 10.9 Å². The van der Waals surface area contributed by atoms with Crippen molar-refractivity contribution in [3.05, 3.63) is 47.4 Å². The van der Waals surface area contributed by atoms with Crippen molar-refractivity contribution in [3.8, 4) is 0 Å². The molecule has 0 saturated heterocycles. The van der Waals surface area contributed by atoms with Gasteiger partial charge in [0.2, 0.25) is 5.91 Å². The molecule has 0 unspecified atom stereocenters. The second-order valence-electron chi connectivity index (χ2n) is 4.77. The van der Waals surface area contributed by atoms with Crippen LogP contribution in [-0.4, -0.2) is 21.6 Å². The molecule has 23 heavy (non-hydrogen) atoms. The lowest BCUT2D eigenvalue weighted by molar-refractivity contribution is -0.137. The van der Waals surface area contributed by atoms with Crippen LogP contribution in [0.25, 0.3) is 0 Å². The maximum Gasteiger partial charge on any atom is 0.418 e. The van der Waals surface area contributed by atoms with Gasteiger partial charge in [-0.15, -0.1) is 0 Å². The Bertz CT molecular complexity index is 699. The summed E-state index contributed by atoms with van der Waals surface area (Å²) in [6.45, 7) is 3.54. The van der Waals surface area contributed by atoms with Gasteiger partial charge in [0.15, 0.2) is 0 Å². The van der Waals surface area contributed by atoms with Gasteiger partial charge in [0.05, 0.1) is 17.0 Å². The third-order valence-electron chi connectivity index (χ3n) is 2.80. The van der Waals surface area contributed by atoms with Crippen molar-refractivity contribution < 1.29 is 18.0 Å². The molecule has 1 aromatic heterocycles. The second-order valence-corrected chi connectivity index (χ2v) is 5.77.